The van der Waals surface area contributed by atoms with Crippen molar-refractivity contribution in [3.05, 3.63) is 76.3 Å². The maximum absolute atomic E-state index is 13.2. The van der Waals surface area contributed by atoms with Gasteiger partial charge in [-0.1, -0.05) is 29.8 Å². The molecule has 1 aromatic heterocycles. The van der Waals surface area contributed by atoms with E-state index in [1.807, 2.05) is 0 Å². The van der Waals surface area contributed by atoms with Crippen molar-refractivity contribution in [1.82, 2.24) is 14.7 Å². The Morgan fingerprint density at radius 2 is 1.83 bits per heavy atom. The Labute approximate surface area is 174 Å². The first kappa shape index (κ1) is 20.4. The van der Waals surface area contributed by atoms with Crippen LogP contribution < -0.4 is 0 Å². The number of alkyl halides is 3. The van der Waals surface area contributed by atoms with Crippen LogP contribution in [-0.2, 0) is 30.5 Å². The molecule has 0 atom stereocenters. The van der Waals surface area contributed by atoms with Crippen molar-refractivity contribution in [2.24, 2.45) is 0 Å². The molecule has 0 fully saturated rings. The highest BCUT2D eigenvalue weighted by Gasteiger charge is 2.33. The van der Waals surface area contributed by atoms with Crippen molar-refractivity contribution in [3.8, 4) is 11.1 Å². The van der Waals surface area contributed by atoms with Crippen LogP contribution in [0.3, 0.4) is 0 Å². The summed E-state index contributed by atoms with van der Waals surface area (Å²) in [7, 11) is 0. The smallest absolute Gasteiger partial charge is 0.335 e. The van der Waals surface area contributed by atoms with Crippen LogP contribution in [0.4, 0.5) is 17.6 Å². The number of nitrogens with zero attached hydrogens (tertiary/aromatic N) is 3. The summed E-state index contributed by atoms with van der Waals surface area (Å²) in [4.78, 5) is 14.4. The van der Waals surface area contributed by atoms with E-state index < -0.39 is 16.8 Å². The Kier molecular flexibility index (Phi) is 5.27. The first-order valence-electron chi connectivity index (χ1n) is 9.16. The van der Waals surface area contributed by atoms with Crippen LogP contribution in [0.1, 0.15) is 16.8 Å². The number of fused-ring (bicyclic) bond motifs is 1. The first-order chi connectivity index (χ1) is 14.2. The molecular formula is C21H16ClF4N3O. The highest BCUT2D eigenvalue weighted by atomic mass is 35.5. The van der Waals surface area contributed by atoms with Crippen molar-refractivity contribution >= 4 is 17.5 Å². The van der Waals surface area contributed by atoms with Gasteiger partial charge in [0.05, 0.1) is 42.0 Å². The van der Waals surface area contributed by atoms with E-state index in [9.17, 15) is 22.4 Å². The van der Waals surface area contributed by atoms with Crippen molar-refractivity contribution in [3.63, 3.8) is 0 Å². The zero-order chi connectivity index (χ0) is 21.5. The topological polar surface area (TPSA) is 38.1 Å². The van der Waals surface area contributed by atoms with Crippen molar-refractivity contribution < 1.29 is 22.4 Å². The number of hydrogen-bond acceptors (Lipinski definition) is 2. The fourth-order valence-electron chi connectivity index (χ4n) is 3.51. The molecule has 0 bridgehead atoms. The van der Waals surface area contributed by atoms with Gasteiger partial charge in [-0.2, -0.15) is 18.3 Å². The molecule has 1 amide bonds. The van der Waals surface area contributed by atoms with Gasteiger partial charge in [0, 0.05) is 12.1 Å². The number of carbonyl (C=O) groups is 1. The Hall–Kier alpha value is -2.87. The third-order valence-corrected chi connectivity index (χ3v) is 5.40. The lowest BCUT2D eigenvalue weighted by Crippen LogP contribution is -2.39. The fraction of sp³-hybridized carbons (Fsp3) is 0.238. The van der Waals surface area contributed by atoms with E-state index >= 15 is 0 Å². The Bertz CT molecular complexity index is 1090. The fourth-order valence-corrected chi connectivity index (χ4v) is 3.74. The van der Waals surface area contributed by atoms with Gasteiger partial charge in [0.1, 0.15) is 5.82 Å². The maximum Gasteiger partial charge on any atom is 0.417 e. The summed E-state index contributed by atoms with van der Waals surface area (Å²) in [5.74, 6) is -0.638. The van der Waals surface area contributed by atoms with E-state index in [2.05, 4.69) is 5.10 Å². The lowest BCUT2D eigenvalue weighted by molar-refractivity contribution is -0.138. The van der Waals surface area contributed by atoms with Gasteiger partial charge in [0.15, 0.2) is 0 Å². The summed E-state index contributed by atoms with van der Waals surface area (Å²) in [6, 6.07) is 9.48. The minimum atomic E-state index is -4.59. The Balaban J connectivity index is 1.53. The van der Waals surface area contributed by atoms with Gasteiger partial charge in [-0.05, 0) is 35.4 Å². The van der Waals surface area contributed by atoms with Crippen LogP contribution in [0.5, 0.6) is 0 Å². The van der Waals surface area contributed by atoms with Gasteiger partial charge in [-0.3, -0.25) is 9.48 Å². The summed E-state index contributed by atoms with van der Waals surface area (Å²) in [5, 5.41) is 3.93. The van der Waals surface area contributed by atoms with Gasteiger partial charge in [0.25, 0.3) is 0 Å². The molecule has 2 heterocycles. The molecule has 0 radical (unpaired) electrons. The molecule has 0 spiro atoms. The Morgan fingerprint density at radius 1 is 1.10 bits per heavy atom. The van der Waals surface area contributed by atoms with E-state index in [4.69, 9.17) is 11.6 Å². The second-order valence-corrected chi connectivity index (χ2v) is 7.45. The largest absolute Gasteiger partial charge is 0.417 e. The average Bonchev–Trinajstić information content (AvgIpc) is 3.12. The molecule has 2 aromatic carbocycles. The maximum atomic E-state index is 13.2. The molecule has 1 aliphatic heterocycles. The average molecular weight is 438 g/mol. The van der Waals surface area contributed by atoms with Gasteiger partial charge in [-0.25, -0.2) is 4.39 Å². The monoisotopic (exact) mass is 437 g/mol. The predicted octanol–water partition coefficient (Wildman–Crippen LogP) is 4.95. The van der Waals surface area contributed by atoms with E-state index in [1.165, 1.54) is 18.2 Å². The molecular weight excluding hydrogens is 422 g/mol. The summed E-state index contributed by atoms with van der Waals surface area (Å²) in [6.07, 6.45) is -3.08. The number of amides is 1. The van der Waals surface area contributed by atoms with Crippen LogP contribution in [0.2, 0.25) is 5.02 Å². The van der Waals surface area contributed by atoms with Crippen LogP contribution in [-0.4, -0.2) is 27.1 Å². The van der Waals surface area contributed by atoms with Gasteiger partial charge >= 0.3 is 6.18 Å². The molecule has 0 saturated carbocycles. The molecule has 30 heavy (non-hydrogen) atoms. The second kappa shape index (κ2) is 7.75. The molecule has 4 rings (SSSR count). The van der Waals surface area contributed by atoms with Crippen LogP contribution >= 0.6 is 11.6 Å². The highest BCUT2D eigenvalue weighted by Crippen LogP contribution is 2.35. The lowest BCUT2D eigenvalue weighted by Gasteiger charge is -2.28. The molecule has 156 valence electrons. The summed E-state index contributed by atoms with van der Waals surface area (Å²) in [5.41, 5.74) is 1.66. The van der Waals surface area contributed by atoms with Crippen LogP contribution in [0.15, 0.2) is 48.7 Å². The van der Waals surface area contributed by atoms with Crippen LogP contribution in [0, 0.1) is 5.82 Å². The molecule has 1 aliphatic rings. The minimum Gasteiger partial charge on any atom is -0.335 e. The van der Waals surface area contributed by atoms with Crippen molar-refractivity contribution in [2.75, 3.05) is 6.54 Å². The van der Waals surface area contributed by atoms with Crippen LogP contribution in [0.25, 0.3) is 11.1 Å². The van der Waals surface area contributed by atoms with E-state index in [0.29, 0.717) is 13.1 Å². The van der Waals surface area contributed by atoms with Gasteiger partial charge in [-0.15, -0.1) is 0 Å². The highest BCUT2D eigenvalue weighted by molar-refractivity contribution is 6.31. The standard InChI is InChI=1S/C21H16ClF4N3O/c22-18-6-1-13(9-17(18)21(24,25)26)10-20(30)28-7-8-29-19(12-28)16(11-27-29)14-2-4-15(23)5-3-14/h1-6,9,11H,7-8,10,12H2. The van der Waals surface area contributed by atoms with Gasteiger partial charge < -0.3 is 4.90 Å². The third kappa shape index (κ3) is 4.05. The van der Waals surface area contributed by atoms with E-state index in [-0.39, 0.29) is 30.3 Å². The van der Waals surface area contributed by atoms with E-state index in [1.54, 1.807) is 27.9 Å². The number of halogens is 5. The quantitative estimate of drug-likeness (QED) is 0.544. The minimum absolute atomic E-state index is 0.166. The molecule has 9 heteroatoms. The second-order valence-electron chi connectivity index (χ2n) is 7.04. The number of benzene rings is 2. The van der Waals surface area contributed by atoms with Crippen molar-refractivity contribution in [2.45, 2.75) is 25.7 Å². The number of rotatable bonds is 3. The van der Waals surface area contributed by atoms with E-state index in [0.717, 1.165) is 29.0 Å². The third-order valence-electron chi connectivity index (χ3n) is 5.07. The summed E-state index contributed by atoms with van der Waals surface area (Å²) >= 11 is 5.65. The zero-order valence-corrected chi connectivity index (χ0v) is 16.3. The molecule has 3 aromatic rings. The predicted molar refractivity (Wildman–Crippen MR) is 103 cm³/mol. The normalized spacial score (nSPS) is 14.0. The molecule has 0 saturated heterocycles. The number of carbonyl (C=O) groups excluding carboxylic acids is 1. The molecule has 4 nitrogen and oxygen atoms in total. The molecule has 0 unspecified atom stereocenters. The Morgan fingerprint density at radius 3 is 2.53 bits per heavy atom. The lowest BCUT2D eigenvalue weighted by atomic mass is 10.0. The number of aromatic nitrogens is 2. The summed E-state index contributed by atoms with van der Waals surface area (Å²) in [6.45, 7) is 1.14. The SMILES string of the molecule is O=C(Cc1ccc(Cl)c(C(F)(F)F)c1)N1CCn2ncc(-c3ccc(F)cc3)c2C1. The molecule has 0 aliphatic carbocycles. The van der Waals surface area contributed by atoms with Crippen molar-refractivity contribution in [1.29, 1.82) is 0 Å². The zero-order valence-electron chi connectivity index (χ0n) is 15.6. The van der Waals surface area contributed by atoms with Gasteiger partial charge in [0.2, 0.25) is 5.91 Å². The number of hydrogen-bond donors (Lipinski definition) is 0. The molecule has 0 N–H and O–H groups in total. The summed E-state index contributed by atoms with van der Waals surface area (Å²) < 4.78 is 54.2. The first-order valence-corrected chi connectivity index (χ1v) is 9.54.